The number of amides is 1. The number of hydrogen-bond acceptors (Lipinski definition) is 4. The first-order valence-corrected chi connectivity index (χ1v) is 9.86. The Hall–Kier alpha value is -1.31. The summed E-state index contributed by atoms with van der Waals surface area (Å²) < 4.78 is 25.4. The summed E-state index contributed by atoms with van der Waals surface area (Å²) in [5, 5.41) is 3.38. The standard InChI is InChI=1S/C16H23N3O3S.ClH/c1-11-3-4-12(9-15(11)18-23(2,21)22)16(20)19-13-5-6-14(19)10-17-8-7-13;/h3-4,9,13-14,17-18H,5-8,10H2,1-2H3;1H. The average molecular weight is 374 g/mol. The van der Waals surface area contributed by atoms with Gasteiger partial charge in [-0.3, -0.25) is 9.52 Å². The average Bonchev–Trinajstić information content (AvgIpc) is 2.72. The minimum Gasteiger partial charge on any atom is -0.331 e. The van der Waals surface area contributed by atoms with Crippen LogP contribution in [0.3, 0.4) is 0 Å². The van der Waals surface area contributed by atoms with E-state index in [4.69, 9.17) is 0 Å². The lowest BCUT2D eigenvalue weighted by molar-refractivity contribution is 0.0680. The Bertz CT molecular complexity index is 709. The molecule has 1 aromatic rings. The van der Waals surface area contributed by atoms with Crippen molar-refractivity contribution >= 4 is 34.0 Å². The van der Waals surface area contributed by atoms with Gasteiger partial charge in [0.1, 0.15) is 0 Å². The number of carbonyl (C=O) groups is 1. The fourth-order valence-electron chi connectivity index (χ4n) is 3.53. The van der Waals surface area contributed by atoms with Gasteiger partial charge in [-0.2, -0.15) is 0 Å². The molecule has 8 heteroatoms. The lowest BCUT2D eigenvalue weighted by Gasteiger charge is -2.28. The Morgan fingerprint density at radius 3 is 2.67 bits per heavy atom. The third-order valence-electron chi connectivity index (χ3n) is 4.67. The van der Waals surface area contributed by atoms with E-state index in [1.54, 1.807) is 18.2 Å². The third-order valence-corrected chi connectivity index (χ3v) is 5.26. The fourth-order valence-corrected chi connectivity index (χ4v) is 4.15. The van der Waals surface area contributed by atoms with Gasteiger partial charge in [-0.05, 0) is 50.4 Å². The molecule has 2 atom stereocenters. The van der Waals surface area contributed by atoms with E-state index in [0.717, 1.165) is 44.2 Å². The van der Waals surface area contributed by atoms with Crippen LogP contribution in [0, 0.1) is 6.92 Å². The first kappa shape index (κ1) is 19.0. The summed E-state index contributed by atoms with van der Waals surface area (Å²) in [5.74, 6) is -0.00208. The van der Waals surface area contributed by atoms with E-state index in [1.807, 2.05) is 11.8 Å². The molecule has 1 amide bonds. The van der Waals surface area contributed by atoms with Crippen molar-refractivity contribution in [2.24, 2.45) is 0 Å². The fraction of sp³-hybridized carbons (Fsp3) is 0.562. The van der Waals surface area contributed by atoms with Gasteiger partial charge in [-0.1, -0.05) is 6.07 Å². The lowest BCUT2D eigenvalue weighted by atomic mass is 10.1. The van der Waals surface area contributed by atoms with Crippen LogP contribution >= 0.6 is 12.4 Å². The number of nitrogens with one attached hydrogen (secondary N) is 2. The Balaban J connectivity index is 0.00000208. The molecule has 0 aliphatic carbocycles. The van der Waals surface area contributed by atoms with Gasteiger partial charge in [0.2, 0.25) is 10.0 Å². The van der Waals surface area contributed by atoms with Crippen LogP contribution < -0.4 is 10.0 Å². The Morgan fingerprint density at radius 2 is 1.96 bits per heavy atom. The largest absolute Gasteiger partial charge is 0.331 e. The van der Waals surface area contributed by atoms with Crippen molar-refractivity contribution in [1.82, 2.24) is 10.2 Å². The maximum atomic E-state index is 13.0. The third kappa shape index (κ3) is 4.02. The SMILES string of the molecule is Cc1ccc(C(=O)N2C3CCNCC2CC3)cc1NS(C)(=O)=O.Cl. The second-order valence-corrected chi connectivity index (χ2v) is 8.24. The van der Waals surface area contributed by atoms with Crippen LogP contribution in [-0.2, 0) is 10.0 Å². The summed E-state index contributed by atoms with van der Waals surface area (Å²) in [6, 6.07) is 5.75. The number of fused-ring (bicyclic) bond motifs is 2. The first-order valence-electron chi connectivity index (χ1n) is 7.97. The molecule has 0 saturated carbocycles. The molecule has 2 N–H and O–H groups in total. The predicted molar refractivity (Wildman–Crippen MR) is 97.4 cm³/mol. The molecule has 134 valence electrons. The molecule has 2 bridgehead atoms. The maximum Gasteiger partial charge on any atom is 0.254 e. The zero-order chi connectivity index (χ0) is 16.6. The molecule has 3 rings (SSSR count). The highest BCUT2D eigenvalue weighted by Gasteiger charge is 2.38. The Kier molecular flexibility index (Phi) is 5.78. The van der Waals surface area contributed by atoms with Crippen molar-refractivity contribution in [1.29, 1.82) is 0 Å². The lowest BCUT2D eigenvalue weighted by Crippen LogP contribution is -2.42. The van der Waals surface area contributed by atoms with E-state index < -0.39 is 10.0 Å². The highest BCUT2D eigenvalue weighted by Crippen LogP contribution is 2.30. The van der Waals surface area contributed by atoms with Gasteiger partial charge in [0.15, 0.2) is 0 Å². The van der Waals surface area contributed by atoms with E-state index in [1.165, 1.54) is 0 Å². The highest BCUT2D eigenvalue weighted by atomic mass is 35.5. The van der Waals surface area contributed by atoms with Gasteiger partial charge >= 0.3 is 0 Å². The summed E-state index contributed by atoms with van der Waals surface area (Å²) in [6.07, 6.45) is 4.17. The number of rotatable bonds is 3. The minimum atomic E-state index is -3.37. The summed E-state index contributed by atoms with van der Waals surface area (Å²) in [6.45, 7) is 3.60. The zero-order valence-corrected chi connectivity index (χ0v) is 15.5. The molecule has 2 heterocycles. The number of sulfonamides is 1. The van der Waals surface area contributed by atoms with E-state index in [0.29, 0.717) is 11.3 Å². The van der Waals surface area contributed by atoms with Crippen molar-refractivity contribution in [3.8, 4) is 0 Å². The van der Waals surface area contributed by atoms with Crippen molar-refractivity contribution in [3.63, 3.8) is 0 Å². The smallest absolute Gasteiger partial charge is 0.254 e. The molecule has 2 fully saturated rings. The van der Waals surface area contributed by atoms with E-state index in [-0.39, 0.29) is 30.4 Å². The number of hydrogen-bond donors (Lipinski definition) is 2. The van der Waals surface area contributed by atoms with E-state index in [9.17, 15) is 13.2 Å². The molecule has 0 spiro atoms. The minimum absolute atomic E-state index is 0. The van der Waals surface area contributed by atoms with Crippen LogP contribution in [-0.4, -0.2) is 50.7 Å². The number of carbonyl (C=O) groups excluding carboxylic acids is 1. The van der Waals surface area contributed by atoms with Crippen LogP contribution in [0.15, 0.2) is 18.2 Å². The van der Waals surface area contributed by atoms with Crippen molar-refractivity contribution < 1.29 is 13.2 Å². The van der Waals surface area contributed by atoms with Gasteiger partial charge < -0.3 is 10.2 Å². The summed E-state index contributed by atoms with van der Waals surface area (Å²) in [7, 11) is -3.37. The normalized spacial score (nSPS) is 23.3. The van der Waals surface area contributed by atoms with Gasteiger partial charge in [0.05, 0.1) is 11.9 Å². The first-order chi connectivity index (χ1) is 10.8. The van der Waals surface area contributed by atoms with Crippen molar-refractivity contribution in [3.05, 3.63) is 29.3 Å². The summed E-state index contributed by atoms with van der Waals surface area (Å²) in [4.78, 5) is 15.0. The molecule has 24 heavy (non-hydrogen) atoms. The number of aryl methyl sites for hydroxylation is 1. The Morgan fingerprint density at radius 1 is 1.25 bits per heavy atom. The van der Waals surface area contributed by atoms with Gasteiger partial charge in [0.25, 0.3) is 5.91 Å². The van der Waals surface area contributed by atoms with Gasteiger partial charge in [-0.25, -0.2) is 8.42 Å². The monoisotopic (exact) mass is 373 g/mol. The molecular weight excluding hydrogens is 350 g/mol. The molecule has 2 saturated heterocycles. The molecular formula is C16H24ClN3O3S. The molecule has 0 radical (unpaired) electrons. The summed E-state index contributed by atoms with van der Waals surface area (Å²) >= 11 is 0. The van der Waals surface area contributed by atoms with Crippen LogP contribution in [0.1, 0.15) is 35.2 Å². The highest BCUT2D eigenvalue weighted by molar-refractivity contribution is 7.92. The Labute approximate surface area is 149 Å². The zero-order valence-electron chi connectivity index (χ0n) is 13.9. The molecule has 0 aromatic heterocycles. The van der Waals surface area contributed by atoms with E-state index >= 15 is 0 Å². The number of halogens is 1. The molecule has 6 nitrogen and oxygen atoms in total. The van der Waals surface area contributed by atoms with Gasteiger partial charge in [0, 0.05) is 24.2 Å². The van der Waals surface area contributed by atoms with E-state index in [2.05, 4.69) is 10.0 Å². The predicted octanol–water partition coefficient (Wildman–Crippen LogP) is 1.75. The van der Waals surface area contributed by atoms with Crippen molar-refractivity contribution in [2.45, 2.75) is 38.3 Å². The van der Waals surface area contributed by atoms with Gasteiger partial charge in [-0.15, -0.1) is 12.4 Å². The van der Waals surface area contributed by atoms with Crippen molar-refractivity contribution in [2.75, 3.05) is 24.1 Å². The summed E-state index contributed by atoms with van der Waals surface area (Å²) in [5.41, 5.74) is 1.81. The molecule has 2 unspecified atom stereocenters. The molecule has 2 aliphatic heterocycles. The number of benzene rings is 1. The quantitative estimate of drug-likeness (QED) is 0.846. The second kappa shape index (κ2) is 7.29. The molecule has 2 aliphatic rings. The molecule has 1 aromatic carbocycles. The maximum absolute atomic E-state index is 13.0. The van der Waals surface area contributed by atoms with Crippen LogP contribution in [0.2, 0.25) is 0 Å². The van der Waals surface area contributed by atoms with Crippen LogP contribution in [0.4, 0.5) is 5.69 Å². The van der Waals surface area contributed by atoms with Crippen LogP contribution in [0.25, 0.3) is 0 Å². The topological polar surface area (TPSA) is 78.5 Å². The van der Waals surface area contributed by atoms with Crippen LogP contribution in [0.5, 0.6) is 0 Å². The number of nitrogens with zero attached hydrogens (tertiary/aromatic N) is 1. The second-order valence-electron chi connectivity index (χ2n) is 6.49. The number of anilines is 1.